The average Bonchev–Trinajstić information content (AvgIpc) is 3.48. The molecule has 4 heterocycles. The number of pyridine rings is 1. The van der Waals surface area contributed by atoms with E-state index in [1.165, 1.54) is 46.8 Å². The first-order valence-corrected chi connectivity index (χ1v) is 11.8. The molecule has 0 radical (unpaired) electrons. The van der Waals surface area contributed by atoms with Crippen LogP contribution in [0.15, 0.2) is 36.5 Å². The summed E-state index contributed by atoms with van der Waals surface area (Å²) in [5.41, 5.74) is 1.10. The summed E-state index contributed by atoms with van der Waals surface area (Å²) in [7, 11) is 0. The zero-order valence-electron chi connectivity index (χ0n) is 16.6. The van der Waals surface area contributed by atoms with Crippen LogP contribution in [0.3, 0.4) is 0 Å². The lowest BCUT2D eigenvalue weighted by molar-refractivity contribution is 0.247. The van der Waals surface area contributed by atoms with Gasteiger partial charge in [-0.1, -0.05) is 30.7 Å². The Kier molecular flexibility index (Phi) is 6.55. The number of aromatic nitrogens is 2. The predicted octanol–water partition coefficient (Wildman–Crippen LogP) is 5.89. The van der Waals surface area contributed by atoms with Crippen LogP contribution in [-0.2, 0) is 13.0 Å². The highest BCUT2D eigenvalue weighted by Gasteiger charge is 2.27. The lowest BCUT2D eigenvalue weighted by atomic mass is 10.1. The van der Waals surface area contributed by atoms with Gasteiger partial charge in [0.1, 0.15) is 16.8 Å². The molecule has 0 aromatic carbocycles. The number of likely N-dealkylation sites (tertiary alicyclic amines) is 1. The minimum Gasteiger partial charge on any atom is -0.316 e. The number of nitriles is 1. The molecule has 1 N–H and O–H groups in total. The summed E-state index contributed by atoms with van der Waals surface area (Å²) >= 11 is 3.30. The van der Waals surface area contributed by atoms with Gasteiger partial charge in [0.15, 0.2) is 5.13 Å². The topological polar surface area (TPSA) is 64.8 Å². The second-order valence-electron chi connectivity index (χ2n) is 7.31. The molecule has 1 aliphatic rings. The number of thiophene rings is 1. The van der Waals surface area contributed by atoms with Gasteiger partial charge in [-0.05, 0) is 56.5 Å². The van der Waals surface area contributed by atoms with Gasteiger partial charge >= 0.3 is 0 Å². The Morgan fingerprint density at radius 2 is 2.14 bits per heavy atom. The van der Waals surface area contributed by atoms with Crippen LogP contribution in [0, 0.1) is 11.3 Å². The van der Waals surface area contributed by atoms with E-state index in [1.54, 1.807) is 6.20 Å². The molecule has 0 amide bonds. The summed E-state index contributed by atoms with van der Waals surface area (Å²) in [4.78, 5) is 15.2. The maximum atomic E-state index is 8.97. The Balaban J connectivity index is 1.44. The monoisotopic (exact) mass is 423 g/mol. The van der Waals surface area contributed by atoms with Crippen molar-refractivity contribution in [3.63, 3.8) is 0 Å². The number of thiazole rings is 1. The smallest absolute Gasteiger partial charge is 0.189 e. The van der Waals surface area contributed by atoms with Crippen molar-refractivity contribution in [2.45, 2.75) is 51.6 Å². The largest absolute Gasteiger partial charge is 0.316 e. The number of rotatable bonds is 8. The molecule has 0 bridgehead atoms. The molecule has 150 valence electrons. The maximum absolute atomic E-state index is 8.97. The van der Waals surface area contributed by atoms with E-state index in [9.17, 15) is 0 Å². The van der Waals surface area contributed by atoms with Crippen LogP contribution in [0.2, 0.25) is 0 Å². The van der Waals surface area contributed by atoms with Crippen LogP contribution in [0.5, 0.6) is 0 Å². The van der Waals surface area contributed by atoms with Crippen molar-refractivity contribution in [1.82, 2.24) is 14.9 Å². The summed E-state index contributed by atoms with van der Waals surface area (Å²) in [5, 5.41) is 12.9. The second-order valence-corrected chi connectivity index (χ2v) is 9.60. The molecule has 1 fully saturated rings. The van der Waals surface area contributed by atoms with Crippen molar-refractivity contribution in [3.8, 4) is 6.07 Å². The van der Waals surface area contributed by atoms with Crippen molar-refractivity contribution in [1.29, 1.82) is 5.26 Å². The zero-order chi connectivity index (χ0) is 20.1. The standard InChI is InChI=1S/C22H25N5S2/c1-2-3-6-16-10-11-17(28-16)15-27-12-5-8-20(27)19-7-4-9-21(25-19)26-22-24-14-18(13-23)29-22/h4,7,9-11,14,20H,2-3,5-6,8,12,15H2,1H3,(H,24,25,26). The van der Waals surface area contributed by atoms with Gasteiger partial charge in [-0.15, -0.1) is 11.3 Å². The fraction of sp³-hybridized carbons (Fsp3) is 0.409. The SMILES string of the molecule is CCCCc1ccc(CN2CCCC2c2cccc(Nc3ncc(C#N)s3)n2)s1. The van der Waals surface area contributed by atoms with E-state index in [2.05, 4.69) is 46.4 Å². The van der Waals surface area contributed by atoms with Crippen LogP contribution in [0.1, 0.15) is 59.0 Å². The molecular formula is C22H25N5S2. The summed E-state index contributed by atoms with van der Waals surface area (Å²) in [6.45, 7) is 4.36. The average molecular weight is 424 g/mol. The maximum Gasteiger partial charge on any atom is 0.189 e. The molecule has 1 aliphatic heterocycles. The third-order valence-corrected chi connectivity index (χ3v) is 7.13. The highest BCUT2D eigenvalue weighted by Crippen LogP contribution is 2.34. The molecule has 7 heteroatoms. The Morgan fingerprint density at radius 3 is 2.97 bits per heavy atom. The Morgan fingerprint density at radius 1 is 1.24 bits per heavy atom. The van der Waals surface area contributed by atoms with Crippen LogP contribution >= 0.6 is 22.7 Å². The lowest BCUT2D eigenvalue weighted by Gasteiger charge is -2.23. The number of hydrogen-bond acceptors (Lipinski definition) is 7. The van der Waals surface area contributed by atoms with Gasteiger partial charge in [-0.25, -0.2) is 9.97 Å². The molecule has 1 atom stereocenters. The van der Waals surface area contributed by atoms with E-state index >= 15 is 0 Å². The quantitative estimate of drug-likeness (QED) is 0.489. The molecule has 5 nitrogen and oxygen atoms in total. The van der Waals surface area contributed by atoms with Gasteiger partial charge in [-0.2, -0.15) is 5.26 Å². The highest BCUT2D eigenvalue weighted by atomic mass is 32.1. The Hall–Kier alpha value is -2.27. The first-order valence-electron chi connectivity index (χ1n) is 10.2. The number of anilines is 2. The van der Waals surface area contributed by atoms with Crippen LogP contribution in [0.25, 0.3) is 0 Å². The number of aryl methyl sites for hydroxylation is 1. The summed E-state index contributed by atoms with van der Waals surface area (Å²) in [6, 6.07) is 13.2. The fourth-order valence-electron chi connectivity index (χ4n) is 3.74. The molecule has 3 aromatic heterocycles. The number of hydrogen-bond donors (Lipinski definition) is 1. The number of unbranched alkanes of at least 4 members (excludes halogenated alkanes) is 1. The highest BCUT2D eigenvalue weighted by molar-refractivity contribution is 7.16. The van der Waals surface area contributed by atoms with Crippen molar-refractivity contribution in [2.24, 2.45) is 0 Å². The normalized spacial score (nSPS) is 16.8. The second kappa shape index (κ2) is 9.49. The molecule has 0 spiro atoms. The fourth-order valence-corrected chi connectivity index (χ4v) is 5.45. The van der Waals surface area contributed by atoms with Gasteiger partial charge < -0.3 is 5.32 Å². The van der Waals surface area contributed by atoms with Gasteiger partial charge in [0.05, 0.1) is 17.9 Å². The minimum absolute atomic E-state index is 0.351. The minimum atomic E-state index is 0.351. The first-order chi connectivity index (χ1) is 14.2. The molecule has 0 saturated carbocycles. The first kappa shape index (κ1) is 20.0. The van der Waals surface area contributed by atoms with Gasteiger partial charge in [0, 0.05) is 16.3 Å². The van der Waals surface area contributed by atoms with Crippen molar-refractivity contribution in [2.75, 3.05) is 11.9 Å². The van der Waals surface area contributed by atoms with Crippen LogP contribution in [0.4, 0.5) is 10.9 Å². The molecule has 1 saturated heterocycles. The van der Waals surface area contributed by atoms with Crippen LogP contribution in [-0.4, -0.2) is 21.4 Å². The number of nitrogens with zero attached hydrogens (tertiary/aromatic N) is 4. The Labute approximate surface area is 180 Å². The molecule has 29 heavy (non-hydrogen) atoms. The van der Waals surface area contributed by atoms with E-state index in [1.807, 2.05) is 23.5 Å². The van der Waals surface area contributed by atoms with E-state index in [-0.39, 0.29) is 0 Å². The summed E-state index contributed by atoms with van der Waals surface area (Å²) in [6.07, 6.45) is 7.65. The van der Waals surface area contributed by atoms with Gasteiger partial charge in [0.2, 0.25) is 0 Å². The van der Waals surface area contributed by atoms with Crippen LogP contribution < -0.4 is 5.32 Å². The summed E-state index contributed by atoms with van der Waals surface area (Å²) in [5.74, 6) is 0.783. The van der Waals surface area contributed by atoms with E-state index in [0.29, 0.717) is 16.1 Å². The zero-order valence-corrected chi connectivity index (χ0v) is 18.2. The van der Waals surface area contributed by atoms with E-state index < -0.39 is 0 Å². The number of nitrogens with one attached hydrogen (secondary N) is 1. The van der Waals surface area contributed by atoms with Crippen molar-refractivity contribution < 1.29 is 0 Å². The third kappa shape index (κ3) is 5.02. The summed E-state index contributed by atoms with van der Waals surface area (Å²) < 4.78 is 0. The lowest BCUT2D eigenvalue weighted by Crippen LogP contribution is -2.23. The Bertz CT molecular complexity index is 987. The van der Waals surface area contributed by atoms with E-state index in [4.69, 9.17) is 10.2 Å². The van der Waals surface area contributed by atoms with Crippen molar-refractivity contribution in [3.05, 3.63) is 56.9 Å². The predicted molar refractivity (Wildman–Crippen MR) is 120 cm³/mol. The van der Waals surface area contributed by atoms with Crippen molar-refractivity contribution >= 4 is 33.6 Å². The molecule has 3 aromatic rings. The van der Waals surface area contributed by atoms with E-state index in [0.717, 1.165) is 31.0 Å². The molecule has 4 rings (SSSR count). The molecular weight excluding hydrogens is 398 g/mol. The van der Waals surface area contributed by atoms with Gasteiger partial charge in [0.25, 0.3) is 0 Å². The third-order valence-electron chi connectivity index (χ3n) is 5.18. The van der Waals surface area contributed by atoms with Gasteiger partial charge in [-0.3, -0.25) is 4.90 Å². The molecule has 1 unspecified atom stereocenters. The molecule has 0 aliphatic carbocycles.